The lowest BCUT2D eigenvalue weighted by Crippen LogP contribution is -2.35. The number of rotatable bonds is 2. The molecule has 0 saturated heterocycles. The SMILES string of the molecule is CC1Cc2ccccc2N1S(=O)(=O)c1ccc(C(F)(F)F)cc1. The van der Waals surface area contributed by atoms with E-state index in [1.807, 2.05) is 12.1 Å². The molecule has 122 valence electrons. The summed E-state index contributed by atoms with van der Waals surface area (Å²) in [5.41, 5.74) is 0.627. The van der Waals surface area contributed by atoms with Crippen LogP contribution in [0.4, 0.5) is 18.9 Å². The molecule has 0 spiro atoms. The Balaban J connectivity index is 2.02. The van der Waals surface area contributed by atoms with Crippen molar-refractivity contribution in [1.82, 2.24) is 0 Å². The van der Waals surface area contributed by atoms with Crippen LogP contribution in [0.3, 0.4) is 0 Å². The van der Waals surface area contributed by atoms with E-state index in [9.17, 15) is 21.6 Å². The minimum atomic E-state index is -4.49. The van der Waals surface area contributed by atoms with E-state index in [0.29, 0.717) is 12.1 Å². The molecular formula is C16H14F3NO2S. The molecule has 7 heteroatoms. The minimum absolute atomic E-state index is 0.144. The van der Waals surface area contributed by atoms with Gasteiger partial charge in [0.2, 0.25) is 0 Å². The summed E-state index contributed by atoms with van der Waals surface area (Å²) in [5, 5.41) is 0. The second-order valence-electron chi connectivity index (χ2n) is 5.50. The third-order valence-electron chi connectivity index (χ3n) is 3.88. The zero-order chi connectivity index (χ0) is 16.8. The molecule has 0 amide bonds. The lowest BCUT2D eigenvalue weighted by Gasteiger charge is -2.24. The highest BCUT2D eigenvalue weighted by Gasteiger charge is 2.36. The molecule has 2 aromatic rings. The number of sulfonamides is 1. The molecule has 1 unspecified atom stereocenters. The second kappa shape index (κ2) is 5.26. The Kier molecular flexibility index (Phi) is 3.63. The molecule has 1 atom stereocenters. The first-order chi connectivity index (χ1) is 10.7. The fourth-order valence-electron chi connectivity index (χ4n) is 2.83. The lowest BCUT2D eigenvalue weighted by molar-refractivity contribution is -0.137. The molecule has 0 radical (unpaired) electrons. The van der Waals surface area contributed by atoms with Gasteiger partial charge in [-0.2, -0.15) is 13.2 Å². The number of alkyl halides is 3. The molecule has 3 nitrogen and oxygen atoms in total. The lowest BCUT2D eigenvalue weighted by atomic mass is 10.1. The molecule has 1 aliphatic heterocycles. The molecule has 0 fully saturated rings. The van der Waals surface area contributed by atoms with Gasteiger partial charge in [0.1, 0.15) is 0 Å². The first-order valence-corrected chi connectivity index (χ1v) is 8.45. The number of anilines is 1. The van der Waals surface area contributed by atoms with Crippen molar-refractivity contribution in [2.45, 2.75) is 30.5 Å². The number of hydrogen-bond donors (Lipinski definition) is 0. The zero-order valence-electron chi connectivity index (χ0n) is 12.2. The van der Waals surface area contributed by atoms with E-state index >= 15 is 0 Å². The summed E-state index contributed by atoms with van der Waals surface area (Å²) in [4.78, 5) is -0.144. The van der Waals surface area contributed by atoms with Gasteiger partial charge in [-0.25, -0.2) is 8.42 Å². The maximum atomic E-state index is 12.8. The van der Waals surface area contributed by atoms with Crippen LogP contribution in [0.25, 0.3) is 0 Å². The smallest absolute Gasteiger partial charge is 0.263 e. The van der Waals surface area contributed by atoms with Gasteiger partial charge in [0, 0.05) is 6.04 Å². The fourth-order valence-corrected chi connectivity index (χ4v) is 4.53. The van der Waals surface area contributed by atoms with Crippen LogP contribution in [0.15, 0.2) is 53.4 Å². The maximum absolute atomic E-state index is 12.8. The Labute approximate surface area is 132 Å². The molecule has 0 aromatic heterocycles. The first-order valence-electron chi connectivity index (χ1n) is 7.01. The zero-order valence-corrected chi connectivity index (χ0v) is 13.0. The van der Waals surface area contributed by atoms with E-state index in [1.165, 1.54) is 4.31 Å². The summed E-state index contributed by atoms with van der Waals surface area (Å²) in [6.07, 6.45) is -3.91. The molecule has 3 rings (SSSR count). The highest BCUT2D eigenvalue weighted by molar-refractivity contribution is 7.92. The average molecular weight is 341 g/mol. The van der Waals surface area contributed by atoms with E-state index in [-0.39, 0.29) is 10.9 Å². The molecule has 1 heterocycles. The standard InChI is InChI=1S/C16H14F3NO2S/c1-11-10-12-4-2-3-5-15(12)20(11)23(21,22)14-8-6-13(7-9-14)16(17,18)19/h2-9,11H,10H2,1H3. The topological polar surface area (TPSA) is 37.4 Å². The van der Waals surface area contributed by atoms with Gasteiger partial charge in [-0.3, -0.25) is 4.31 Å². The largest absolute Gasteiger partial charge is 0.416 e. The van der Waals surface area contributed by atoms with Crippen molar-refractivity contribution in [3.63, 3.8) is 0 Å². The monoisotopic (exact) mass is 341 g/mol. The third kappa shape index (κ3) is 2.69. The number of halogens is 3. The average Bonchev–Trinajstić information content (AvgIpc) is 2.83. The van der Waals surface area contributed by atoms with Crippen molar-refractivity contribution in [3.05, 3.63) is 59.7 Å². The van der Waals surface area contributed by atoms with Gasteiger partial charge in [-0.05, 0) is 49.2 Å². The van der Waals surface area contributed by atoms with Gasteiger partial charge in [0.15, 0.2) is 0 Å². The molecule has 2 aromatic carbocycles. The molecule has 23 heavy (non-hydrogen) atoms. The fraction of sp³-hybridized carbons (Fsp3) is 0.250. The van der Waals surface area contributed by atoms with Crippen LogP contribution in [0.5, 0.6) is 0 Å². The number of benzene rings is 2. The van der Waals surface area contributed by atoms with Gasteiger partial charge in [0.25, 0.3) is 10.0 Å². The van der Waals surface area contributed by atoms with E-state index in [4.69, 9.17) is 0 Å². The highest BCUT2D eigenvalue weighted by Crippen LogP contribution is 2.37. The third-order valence-corrected chi connectivity index (χ3v) is 5.83. The van der Waals surface area contributed by atoms with Gasteiger partial charge in [-0.1, -0.05) is 18.2 Å². The van der Waals surface area contributed by atoms with E-state index in [2.05, 4.69) is 0 Å². The summed E-state index contributed by atoms with van der Waals surface area (Å²) in [7, 11) is -3.90. The predicted molar refractivity (Wildman–Crippen MR) is 80.7 cm³/mol. The van der Waals surface area contributed by atoms with Crippen LogP contribution in [-0.4, -0.2) is 14.5 Å². The number of para-hydroxylation sites is 1. The van der Waals surface area contributed by atoms with Gasteiger partial charge in [0.05, 0.1) is 16.1 Å². The van der Waals surface area contributed by atoms with Crippen LogP contribution < -0.4 is 4.31 Å². The number of nitrogens with zero attached hydrogens (tertiary/aromatic N) is 1. The van der Waals surface area contributed by atoms with Crippen molar-refractivity contribution in [1.29, 1.82) is 0 Å². The molecule has 0 aliphatic carbocycles. The molecule has 0 bridgehead atoms. The van der Waals surface area contributed by atoms with E-state index in [0.717, 1.165) is 29.8 Å². The Morgan fingerprint density at radius 2 is 1.65 bits per heavy atom. The van der Waals surface area contributed by atoms with Crippen molar-refractivity contribution < 1.29 is 21.6 Å². The quantitative estimate of drug-likeness (QED) is 0.832. The van der Waals surface area contributed by atoms with Crippen LogP contribution >= 0.6 is 0 Å². The van der Waals surface area contributed by atoms with Crippen molar-refractivity contribution in [2.24, 2.45) is 0 Å². The maximum Gasteiger partial charge on any atom is 0.416 e. The van der Waals surface area contributed by atoms with Crippen LogP contribution in [0, 0.1) is 0 Å². The van der Waals surface area contributed by atoms with Crippen molar-refractivity contribution in [2.75, 3.05) is 4.31 Å². The summed E-state index contributed by atoms with van der Waals surface area (Å²) < 4.78 is 64.8. The molecule has 1 aliphatic rings. The Bertz CT molecular complexity index is 829. The van der Waals surface area contributed by atoms with E-state index < -0.39 is 21.8 Å². The minimum Gasteiger partial charge on any atom is -0.263 e. The van der Waals surface area contributed by atoms with Gasteiger partial charge in [-0.15, -0.1) is 0 Å². The second-order valence-corrected chi connectivity index (χ2v) is 7.32. The Morgan fingerprint density at radius 3 is 2.26 bits per heavy atom. The molecule has 0 N–H and O–H groups in total. The van der Waals surface area contributed by atoms with Crippen molar-refractivity contribution >= 4 is 15.7 Å². The predicted octanol–water partition coefficient (Wildman–Crippen LogP) is 3.85. The summed E-state index contributed by atoms with van der Waals surface area (Å²) >= 11 is 0. The summed E-state index contributed by atoms with van der Waals surface area (Å²) in [5.74, 6) is 0. The van der Waals surface area contributed by atoms with Gasteiger partial charge < -0.3 is 0 Å². The molecule has 0 saturated carbocycles. The van der Waals surface area contributed by atoms with Crippen LogP contribution in [-0.2, 0) is 22.6 Å². The first kappa shape index (κ1) is 15.9. The van der Waals surface area contributed by atoms with E-state index in [1.54, 1.807) is 19.1 Å². The van der Waals surface area contributed by atoms with Crippen LogP contribution in [0.1, 0.15) is 18.1 Å². The number of hydrogen-bond acceptors (Lipinski definition) is 2. The van der Waals surface area contributed by atoms with Crippen LogP contribution in [0.2, 0.25) is 0 Å². The summed E-state index contributed by atoms with van der Waals surface area (Å²) in [6, 6.07) is 10.5. The number of fused-ring (bicyclic) bond motifs is 1. The Morgan fingerprint density at radius 1 is 1.04 bits per heavy atom. The summed E-state index contributed by atoms with van der Waals surface area (Å²) in [6.45, 7) is 1.78. The molecular weight excluding hydrogens is 327 g/mol. The Hall–Kier alpha value is -2.02. The van der Waals surface area contributed by atoms with Gasteiger partial charge >= 0.3 is 6.18 Å². The normalized spacial score (nSPS) is 18.1. The van der Waals surface area contributed by atoms with Crippen molar-refractivity contribution in [3.8, 4) is 0 Å². The highest BCUT2D eigenvalue weighted by atomic mass is 32.2.